The molecule has 3 aromatic heterocycles. The molecule has 0 atom stereocenters. The second-order valence-electron chi connectivity index (χ2n) is 19.6. The molecule has 71 heavy (non-hydrogen) atoms. The highest BCUT2D eigenvalue weighted by atomic mass is 19.1. The maximum absolute atomic E-state index is 17.8. The molecule has 0 radical (unpaired) electrons. The fourth-order valence-corrected chi connectivity index (χ4v) is 13.0. The lowest BCUT2D eigenvalue weighted by atomic mass is 9.43. The quantitative estimate of drug-likeness (QED) is 0.148. The van der Waals surface area contributed by atoms with Crippen LogP contribution in [0.25, 0.3) is 102 Å². The van der Waals surface area contributed by atoms with Gasteiger partial charge in [0.1, 0.15) is 5.82 Å². The Labute approximate surface area is 412 Å². The Morgan fingerprint density at radius 2 is 0.859 bits per heavy atom. The third kappa shape index (κ3) is 6.85. The van der Waals surface area contributed by atoms with Crippen LogP contribution in [0.2, 0.25) is 0 Å². The van der Waals surface area contributed by atoms with E-state index in [4.69, 9.17) is 39.9 Å². The van der Waals surface area contributed by atoms with Crippen molar-refractivity contribution in [2.45, 2.75) is 37.5 Å². The molecule has 9 heteroatoms. The molecule has 0 N–H and O–H groups in total. The number of hydrogen-bond acceptors (Lipinski definition) is 8. The van der Waals surface area contributed by atoms with Gasteiger partial charge in [0.05, 0.1) is 6.93 Å². The first-order chi connectivity index (χ1) is 35.4. The zero-order valence-corrected chi connectivity index (χ0v) is 38.6. The van der Waals surface area contributed by atoms with Gasteiger partial charge in [-0.05, 0) is 113 Å². The van der Waals surface area contributed by atoms with Crippen molar-refractivity contribution in [3.63, 3.8) is 0 Å². The predicted octanol–water partition coefficient (Wildman–Crippen LogP) is 14.0. The SMILES string of the molecule is [2H]c1cc(-c2ncccn2)c2c(c1)C1(c3ccc(-c4cc(F)c(-c5nc(-c6ccccc6)nc(-c6ccccc6)n5)cc4-c4nc(-c5ccccc5)nc(-c5ccccc5)n4)cc3-2)C2CC3CC(C2)CC1C3. The van der Waals surface area contributed by atoms with Gasteiger partial charge in [-0.25, -0.2) is 44.3 Å². The molecule has 4 saturated carbocycles. The molecule has 5 aliphatic carbocycles. The van der Waals surface area contributed by atoms with Gasteiger partial charge in [0.15, 0.2) is 40.8 Å². The highest BCUT2D eigenvalue weighted by molar-refractivity contribution is 5.95. The maximum Gasteiger partial charge on any atom is 0.167 e. The van der Waals surface area contributed by atoms with E-state index in [2.05, 4.69) is 24.3 Å². The van der Waals surface area contributed by atoms with Crippen molar-refractivity contribution < 1.29 is 5.76 Å². The van der Waals surface area contributed by atoms with E-state index >= 15 is 4.39 Å². The average molecular weight is 922 g/mol. The van der Waals surface area contributed by atoms with Crippen LogP contribution in [-0.2, 0) is 5.41 Å². The first kappa shape index (κ1) is 40.5. The van der Waals surface area contributed by atoms with Gasteiger partial charge >= 0.3 is 0 Å². The second-order valence-corrected chi connectivity index (χ2v) is 19.6. The maximum atomic E-state index is 17.8. The monoisotopic (exact) mass is 921 g/mol. The van der Waals surface area contributed by atoms with E-state index in [1.165, 1.54) is 43.2 Å². The summed E-state index contributed by atoms with van der Waals surface area (Å²) < 4.78 is 27.1. The molecule has 1 spiro atoms. The van der Waals surface area contributed by atoms with Crippen LogP contribution >= 0.6 is 0 Å². The molecule has 4 fully saturated rings. The molecule has 5 aliphatic rings. The molecule has 10 aromatic rings. The second kappa shape index (κ2) is 16.6. The Balaban J connectivity index is 1.03. The van der Waals surface area contributed by atoms with E-state index in [1.54, 1.807) is 24.5 Å². The molecule has 0 unspecified atom stereocenters. The van der Waals surface area contributed by atoms with Crippen LogP contribution in [-0.4, -0.2) is 39.9 Å². The van der Waals surface area contributed by atoms with Crippen LogP contribution in [0.15, 0.2) is 188 Å². The Morgan fingerprint density at radius 3 is 1.37 bits per heavy atom. The van der Waals surface area contributed by atoms with Gasteiger partial charge in [-0.15, -0.1) is 0 Å². The van der Waals surface area contributed by atoms with Crippen molar-refractivity contribution in [3.8, 4) is 102 Å². The first-order valence-electron chi connectivity index (χ1n) is 25.1. The van der Waals surface area contributed by atoms with Crippen LogP contribution in [0.3, 0.4) is 0 Å². The number of benzene rings is 7. The van der Waals surface area contributed by atoms with E-state index in [9.17, 15) is 1.37 Å². The normalized spacial score (nSPS) is 20.4. The van der Waals surface area contributed by atoms with Gasteiger partial charge in [0, 0.05) is 51.2 Å². The lowest BCUT2D eigenvalue weighted by Crippen LogP contribution is -2.55. The molecule has 0 aliphatic heterocycles. The van der Waals surface area contributed by atoms with Crippen molar-refractivity contribution in [1.29, 1.82) is 0 Å². The third-order valence-electron chi connectivity index (χ3n) is 15.7. The summed E-state index contributed by atoms with van der Waals surface area (Å²) >= 11 is 0. The number of nitrogens with zero attached hydrogens (tertiary/aromatic N) is 8. The summed E-state index contributed by atoms with van der Waals surface area (Å²) in [5, 5.41) is 0. The molecular weight excluding hydrogens is 876 g/mol. The largest absolute Gasteiger partial charge is 0.237 e. The zero-order chi connectivity index (χ0) is 47.9. The molecule has 7 aromatic carbocycles. The highest BCUT2D eigenvalue weighted by Crippen LogP contribution is 2.70. The minimum Gasteiger partial charge on any atom is -0.237 e. The number of rotatable bonds is 8. The molecule has 0 amide bonds. The van der Waals surface area contributed by atoms with E-state index in [-0.39, 0.29) is 16.8 Å². The van der Waals surface area contributed by atoms with Crippen molar-refractivity contribution in [2.75, 3.05) is 0 Å². The van der Waals surface area contributed by atoms with Crippen LogP contribution in [0.4, 0.5) is 4.39 Å². The summed E-state index contributed by atoms with van der Waals surface area (Å²) in [7, 11) is 0. The molecule has 340 valence electrons. The molecule has 8 nitrogen and oxygen atoms in total. The van der Waals surface area contributed by atoms with Crippen molar-refractivity contribution >= 4 is 0 Å². The average Bonchev–Trinajstić information content (AvgIpc) is 3.73. The summed E-state index contributed by atoms with van der Waals surface area (Å²) in [6, 6.07) is 55.6. The Morgan fingerprint density at radius 1 is 0.380 bits per heavy atom. The van der Waals surface area contributed by atoms with Gasteiger partial charge in [-0.2, -0.15) is 0 Å². The third-order valence-corrected chi connectivity index (χ3v) is 15.7. The fourth-order valence-electron chi connectivity index (χ4n) is 13.0. The van der Waals surface area contributed by atoms with Gasteiger partial charge in [-0.1, -0.05) is 152 Å². The van der Waals surface area contributed by atoms with Gasteiger partial charge in [0.25, 0.3) is 0 Å². The van der Waals surface area contributed by atoms with Crippen LogP contribution in [0.5, 0.6) is 0 Å². The lowest BCUT2D eigenvalue weighted by molar-refractivity contribution is -0.0399. The Bertz CT molecular complexity index is 3580. The van der Waals surface area contributed by atoms with Gasteiger partial charge < -0.3 is 0 Å². The number of aromatic nitrogens is 8. The molecule has 0 saturated heterocycles. The van der Waals surface area contributed by atoms with E-state index in [0.29, 0.717) is 64.0 Å². The van der Waals surface area contributed by atoms with Gasteiger partial charge in [-0.3, -0.25) is 0 Å². The standard InChI is InChI=1S/C62H45FN8/c63-53-36-47(43-25-26-51-49(34-43)54-46(59-64-27-14-28-65-59)23-13-24-52(54)62(51)44-30-37-29-38(32-44)33-45(62)31-37)48(60-68-55(39-15-5-1-6-16-39)66-56(69-60)40-17-7-2-8-18-40)35-50(53)61-70-57(41-19-9-3-10-20-41)67-58(71-61)42-21-11-4-12-22-42/h1-28,34-38,44-45H,29-33H2/i13D. The van der Waals surface area contributed by atoms with Crippen molar-refractivity contribution in [2.24, 2.45) is 23.7 Å². The number of hydrogen-bond donors (Lipinski definition) is 0. The van der Waals surface area contributed by atoms with E-state index < -0.39 is 5.82 Å². The molecule has 4 bridgehead atoms. The fraction of sp³-hybridized carbons (Fsp3) is 0.161. The summed E-state index contributed by atoms with van der Waals surface area (Å²) in [6.45, 7) is 0. The molecule has 15 rings (SSSR count). The lowest BCUT2D eigenvalue weighted by Gasteiger charge is -2.61. The zero-order valence-electron chi connectivity index (χ0n) is 39.6. The Hall–Kier alpha value is -8.43. The Kier molecular flexibility index (Phi) is 9.47. The smallest absolute Gasteiger partial charge is 0.167 e. The molecular formula is C62H45FN8. The molecule has 3 heterocycles. The van der Waals surface area contributed by atoms with Crippen molar-refractivity contribution in [3.05, 3.63) is 205 Å². The van der Waals surface area contributed by atoms with E-state index in [0.717, 1.165) is 56.3 Å². The predicted molar refractivity (Wildman–Crippen MR) is 276 cm³/mol. The summed E-state index contributed by atoms with van der Waals surface area (Å²) in [4.78, 5) is 40.0. The summed E-state index contributed by atoms with van der Waals surface area (Å²) in [5.41, 5.74) is 10.6. The first-order valence-corrected chi connectivity index (χ1v) is 24.6. The summed E-state index contributed by atoms with van der Waals surface area (Å²) in [6.07, 6.45) is 9.61. The van der Waals surface area contributed by atoms with Crippen LogP contribution in [0, 0.1) is 29.5 Å². The minimum absolute atomic E-state index is 0.180. The van der Waals surface area contributed by atoms with Crippen LogP contribution < -0.4 is 0 Å². The van der Waals surface area contributed by atoms with Crippen LogP contribution in [0.1, 0.15) is 44.6 Å². The minimum atomic E-state index is -0.505. The topological polar surface area (TPSA) is 103 Å². The van der Waals surface area contributed by atoms with Crippen molar-refractivity contribution in [1.82, 2.24) is 39.9 Å². The van der Waals surface area contributed by atoms with Gasteiger partial charge in [0.2, 0.25) is 0 Å². The summed E-state index contributed by atoms with van der Waals surface area (Å²) in [5.74, 6) is 4.84. The highest BCUT2D eigenvalue weighted by Gasteiger charge is 2.62. The number of fused-ring (bicyclic) bond motifs is 3. The van der Waals surface area contributed by atoms with E-state index in [1.807, 2.05) is 133 Å². The number of halogens is 1.